The van der Waals surface area contributed by atoms with Gasteiger partial charge in [0.25, 0.3) is 0 Å². The molecule has 1 amide bonds. The first-order valence-corrected chi connectivity index (χ1v) is 12.4. The van der Waals surface area contributed by atoms with Crippen LogP contribution in [0.2, 0.25) is 10.0 Å². The van der Waals surface area contributed by atoms with Crippen LogP contribution in [0.4, 0.5) is 5.00 Å². The molecule has 0 aliphatic heterocycles. The predicted molar refractivity (Wildman–Crippen MR) is 124 cm³/mol. The van der Waals surface area contributed by atoms with Gasteiger partial charge in [-0.1, -0.05) is 41.9 Å². The zero-order valence-electron chi connectivity index (χ0n) is 16.9. The van der Waals surface area contributed by atoms with Gasteiger partial charge in [0.05, 0.1) is 28.0 Å². The molecular weight excluding hydrogens is 479 g/mol. The highest BCUT2D eigenvalue weighted by Gasteiger charge is 2.29. The van der Waals surface area contributed by atoms with Gasteiger partial charge in [0.1, 0.15) is 5.00 Å². The third kappa shape index (κ3) is 4.69. The fourth-order valence-electron chi connectivity index (χ4n) is 3.55. The lowest BCUT2D eigenvalue weighted by Gasteiger charge is -2.18. The number of amides is 1. The summed E-state index contributed by atoms with van der Waals surface area (Å²) in [7, 11) is 0. The number of carbonyl (C=O) groups excluding carboxylic acids is 2. The van der Waals surface area contributed by atoms with Crippen LogP contribution in [0.5, 0.6) is 0 Å². The van der Waals surface area contributed by atoms with Crippen LogP contribution in [0.3, 0.4) is 0 Å². The Labute approximate surface area is 197 Å². The molecule has 0 saturated heterocycles. The summed E-state index contributed by atoms with van der Waals surface area (Å²) in [5.41, 5.74) is 1.98. The Bertz CT molecular complexity index is 1160. The number of pyridine rings is 1. The standard InChI is InChI=1S/C20H20Cl2N4O3S2/c1-3-29-19(28)16-12-5-4-10(2)6-14(12)31-18(16)23-15(27)9-30-20-25-24-17-13(22)7-11(21)8-26(17)20/h7-8,10H,3-6,9H2,1-2H3,(H,23,27). The first-order chi connectivity index (χ1) is 14.9. The number of esters is 1. The summed E-state index contributed by atoms with van der Waals surface area (Å²) in [4.78, 5) is 26.4. The molecule has 4 rings (SSSR count). The lowest BCUT2D eigenvalue weighted by molar-refractivity contribution is -0.113. The van der Waals surface area contributed by atoms with Crippen LogP contribution in [-0.2, 0) is 22.4 Å². The van der Waals surface area contributed by atoms with Crippen molar-refractivity contribution in [1.29, 1.82) is 0 Å². The molecule has 0 bridgehead atoms. The smallest absolute Gasteiger partial charge is 0.341 e. The average molecular weight is 499 g/mol. The monoisotopic (exact) mass is 498 g/mol. The van der Waals surface area contributed by atoms with E-state index in [1.807, 2.05) is 0 Å². The molecule has 1 aliphatic rings. The van der Waals surface area contributed by atoms with E-state index in [9.17, 15) is 9.59 Å². The highest BCUT2D eigenvalue weighted by molar-refractivity contribution is 7.99. The summed E-state index contributed by atoms with van der Waals surface area (Å²) >= 11 is 14.9. The maximum Gasteiger partial charge on any atom is 0.341 e. The van der Waals surface area contributed by atoms with E-state index in [1.165, 1.54) is 23.1 Å². The van der Waals surface area contributed by atoms with Crippen molar-refractivity contribution in [1.82, 2.24) is 14.6 Å². The van der Waals surface area contributed by atoms with Crippen molar-refractivity contribution in [2.75, 3.05) is 17.7 Å². The Morgan fingerprint density at radius 3 is 2.97 bits per heavy atom. The number of carbonyl (C=O) groups is 2. The van der Waals surface area contributed by atoms with Crippen molar-refractivity contribution in [2.45, 2.75) is 38.3 Å². The second-order valence-corrected chi connectivity index (χ2v) is 10.2. The first kappa shape index (κ1) is 22.4. The van der Waals surface area contributed by atoms with Crippen LogP contribution in [0.15, 0.2) is 17.4 Å². The topological polar surface area (TPSA) is 85.6 Å². The van der Waals surface area contributed by atoms with Gasteiger partial charge in [-0.3, -0.25) is 9.20 Å². The summed E-state index contributed by atoms with van der Waals surface area (Å²) in [5, 5.41) is 12.9. The molecule has 11 heteroatoms. The second kappa shape index (κ2) is 9.36. The van der Waals surface area contributed by atoms with Gasteiger partial charge in [-0.25, -0.2) is 4.79 Å². The van der Waals surface area contributed by atoms with Gasteiger partial charge < -0.3 is 10.1 Å². The number of nitrogens with one attached hydrogen (secondary N) is 1. The number of thioether (sulfide) groups is 1. The van der Waals surface area contributed by atoms with E-state index in [1.54, 1.807) is 23.6 Å². The summed E-state index contributed by atoms with van der Waals surface area (Å²) in [6.45, 7) is 4.26. The van der Waals surface area contributed by atoms with Crippen LogP contribution in [0.1, 0.15) is 41.1 Å². The van der Waals surface area contributed by atoms with E-state index in [0.29, 0.717) is 37.3 Å². The number of anilines is 1. The van der Waals surface area contributed by atoms with Crippen LogP contribution in [0.25, 0.3) is 5.65 Å². The molecule has 3 heterocycles. The zero-order chi connectivity index (χ0) is 22.1. The van der Waals surface area contributed by atoms with Crippen LogP contribution in [-0.4, -0.2) is 38.8 Å². The minimum absolute atomic E-state index is 0.0894. The van der Waals surface area contributed by atoms with Gasteiger partial charge in [0, 0.05) is 11.1 Å². The number of rotatable bonds is 6. The number of aromatic nitrogens is 3. The third-order valence-electron chi connectivity index (χ3n) is 4.97. The molecule has 164 valence electrons. The molecule has 31 heavy (non-hydrogen) atoms. The van der Waals surface area contributed by atoms with Crippen molar-refractivity contribution in [3.05, 3.63) is 38.3 Å². The number of ether oxygens (including phenoxy) is 1. The van der Waals surface area contributed by atoms with E-state index < -0.39 is 0 Å². The van der Waals surface area contributed by atoms with E-state index in [4.69, 9.17) is 27.9 Å². The van der Waals surface area contributed by atoms with Crippen LogP contribution >= 0.6 is 46.3 Å². The molecule has 0 aromatic carbocycles. The molecule has 3 aromatic rings. The van der Waals surface area contributed by atoms with Gasteiger partial charge in [0.2, 0.25) is 5.91 Å². The molecule has 1 unspecified atom stereocenters. The van der Waals surface area contributed by atoms with Crippen molar-refractivity contribution in [3.8, 4) is 0 Å². The van der Waals surface area contributed by atoms with Gasteiger partial charge >= 0.3 is 5.97 Å². The Balaban J connectivity index is 1.52. The molecular formula is C20H20Cl2N4O3S2. The second-order valence-electron chi connectivity index (χ2n) is 7.30. The number of hydrogen-bond acceptors (Lipinski definition) is 7. The third-order valence-corrected chi connectivity index (χ3v) is 7.57. The number of fused-ring (bicyclic) bond motifs is 2. The zero-order valence-corrected chi connectivity index (χ0v) is 20.1. The molecule has 3 aromatic heterocycles. The van der Waals surface area contributed by atoms with Crippen molar-refractivity contribution in [2.24, 2.45) is 5.92 Å². The Morgan fingerprint density at radius 1 is 1.39 bits per heavy atom. The number of hydrogen-bond donors (Lipinski definition) is 1. The summed E-state index contributed by atoms with van der Waals surface area (Å²) in [6.07, 6.45) is 4.39. The number of thiophene rings is 1. The summed E-state index contributed by atoms with van der Waals surface area (Å²) in [6, 6.07) is 1.59. The fraction of sp³-hybridized carbons (Fsp3) is 0.400. The molecule has 1 aliphatic carbocycles. The normalized spacial score (nSPS) is 15.7. The lowest BCUT2D eigenvalue weighted by atomic mass is 9.88. The van der Waals surface area contributed by atoms with Crippen LogP contribution in [0, 0.1) is 5.92 Å². The van der Waals surface area contributed by atoms with Gasteiger partial charge in [-0.15, -0.1) is 21.5 Å². The first-order valence-electron chi connectivity index (χ1n) is 9.81. The molecule has 7 nitrogen and oxygen atoms in total. The van der Waals surface area contributed by atoms with Crippen molar-refractivity contribution in [3.63, 3.8) is 0 Å². The van der Waals surface area contributed by atoms with Crippen molar-refractivity contribution < 1.29 is 14.3 Å². The maximum atomic E-state index is 12.7. The molecule has 1 N–H and O–H groups in total. The predicted octanol–water partition coefficient (Wildman–Crippen LogP) is 5.13. The van der Waals surface area contributed by atoms with Gasteiger partial charge in [-0.2, -0.15) is 0 Å². The SMILES string of the molecule is CCOC(=O)c1c(NC(=O)CSc2nnc3c(Cl)cc(Cl)cn23)sc2c1CCC(C)C2. The largest absolute Gasteiger partial charge is 0.462 e. The molecule has 0 radical (unpaired) electrons. The van der Waals surface area contributed by atoms with Gasteiger partial charge in [-0.05, 0) is 43.7 Å². The van der Waals surface area contributed by atoms with Crippen LogP contribution < -0.4 is 5.32 Å². The number of nitrogens with zero attached hydrogens (tertiary/aromatic N) is 3. The van der Waals surface area contributed by atoms with Crippen molar-refractivity contribution >= 4 is 68.8 Å². The Morgan fingerprint density at radius 2 is 2.19 bits per heavy atom. The minimum Gasteiger partial charge on any atom is -0.462 e. The molecule has 0 fully saturated rings. The highest BCUT2D eigenvalue weighted by atomic mass is 35.5. The van der Waals surface area contributed by atoms with E-state index in [0.717, 1.165) is 29.7 Å². The summed E-state index contributed by atoms with van der Waals surface area (Å²) in [5.74, 6) is 0.0177. The fourth-order valence-corrected chi connectivity index (χ4v) is 6.18. The number of halogens is 2. The highest BCUT2D eigenvalue weighted by Crippen LogP contribution is 2.40. The summed E-state index contributed by atoms with van der Waals surface area (Å²) < 4.78 is 6.91. The minimum atomic E-state index is -0.384. The molecule has 1 atom stereocenters. The maximum absolute atomic E-state index is 12.7. The molecule has 0 spiro atoms. The lowest BCUT2D eigenvalue weighted by Crippen LogP contribution is -2.17. The van der Waals surface area contributed by atoms with E-state index >= 15 is 0 Å². The Hall–Kier alpha value is -1.81. The average Bonchev–Trinajstić information content (AvgIpc) is 3.27. The van der Waals surface area contributed by atoms with E-state index in [-0.39, 0.29) is 24.2 Å². The van der Waals surface area contributed by atoms with Gasteiger partial charge in [0.15, 0.2) is 10.8 Å². The Kier molecular flexibility index (Phi) is 6.76. The molecule has 0 saturated carbocycles. The van der Waals surface area contributed by atoms with E-state index in [2.05, 4.69) is 22.4 Å². The quantitative estimate of drug-likeness (QED) is 0.374.